The molecule has 4 nitrogen and oxygen atoms in total. The molecule has 1 heterocycles. The largest absolute Gasteiger partial charge is 0.507 e. The summed E-state index contributed by atoms with van der Waals surface area (Å²) in [5, 5.41) is 13.8. The summed E-state index contributed by atoms with van der Waals surface area (Å²) in [4.78, 5) is 14.9. The summed E-state index contributed by atoms with van der Waals surface area (Å²) in [6.07, 6.45) is 3.59. The van der Waals surface area contributed by atoms with Crippen molar-refractivity contribution < 1.29 is 18.7 Å². The molecule has 0 spiro atoms. The molecule has 0 saturated carbocycles. The number of hydrogen-bond acceptors (Lipinski definition) is 2. The molecule has 0 aromatic heterocycles. The second kappa shape index (κ2) is 12.2. The number of nitrogens with zero attached hydrogens (tertiary/aromatic N) is 1. The monoisotopic (exact) mass is 562 g/mol. The van der Waals surface area contributed by atoms with Crippen molar-refractivity contribution in [3.63, 3.8) is 0 Å². The van der Waals surface area contributed by atoms with Crippen LogP contribution in [0.1, 0.15) is 82.2 Å². The van der Waals surface area contributed by atoms with Gasteiger partial charge in [0.05, 0.1) is 5.69 Å². The van der Waals surface area contributed by atoms with Crippen molar-refractivity contribution in [1.29, 1.82) is 0 Å². The second-order valence-electron chi connectivity index (χ2n) is 13.5. The van der Waals surface area contributed by atoms with Gasteiger partial charge in [0.1, 0.15) is 17.4 Å². The molecule has 0 atom stereocenters. The number of aryl methyl sites for hydroxylation is 2. The lowest BCUT2D eigenvalue weighted by Gasteiger charge is -2.32. The molecule has 0 aliphatic carbocycles. The van der Waals surface area contributed by atoms with Crippen LogP contribution in [0, 0.1) is 17.6 Å². The van der Waals surface area contributed by atoms with Gasteiger partial charge in [0.15, 0.2) is 0 Å². The maximum absolute atomic E-state index is 15.1. The molecule has 2 N–H and O–H groups in total. The predicted molar refractivity (Wildman–Crippen MR) is 163 cm³/mol. The molecule has 4 rings (SSSR count). The zero-order valence-corrected chi connectivity index (χ0v) is 25.3. The molecule has 2 amide bonds. The van der Waals surface area contributed by atoms with Crippen molar-refractivity contribution >= 4 is 11.7 Å². The van der Waals surface area contributed by atoms with E-state index in [1.807, 2.05) is 30.3 Å². The summed E-state index contributed by atoms with van der Waals surface area (Å²) in [6, 6.07) is 16.1. The lowest BCUT2D eigenvalue weighted by atomic mass is 9.78. The number of phenols is 1. The Bertz CT molecular complexity index is 1330. The minimum absolute atomic E-state index is 0.0358. The normalized spacial score (nSPS) is 14.8. The SMILES string of the molecule is CC(C)(C)c1cc(CCc2cc(F)cc(F)c2NC(=O)N2CCC(Cc3ccccc3)CC2)cc(C(C)(C)C)c1O. The molecule has 1 aliphatic heterocycles. The average molecular weight is 563 g/mol. The van der Waals surface area contributed by atoms with E-state index in [1.54, 1.807) is 4.90 Å². The Kier molecular flexibility index (Phi) is 9.10. The molecular weight excluding hydrogens is 518 g/mol. The topological polar surface area (TPSA) is 52.6 Å². The van der Waals surface area contributed by atoms with Crippen LogP contribution in [0.15, 0.2) is 54.6 Å². The zero-order valence-electron chi connectivity index (χ0n) is 25.3. The van der Waals surface area contributed by atoms with Gasteiger partial charge in [0.2, 0.25) is 0 Å². The number of anilines is 1. The van der Waals surface area contributed by atoms with E-state index < -0.39 is 11.6 Å². The van der Waals surface area contributed by atoms with Crippen LogP contribution >= 0.6 is 0 Å². The number of nitrogens with one attached hydrogen (secondary N) is 1. The van der Waals surface area contributed by atoms with Crippen molar-refractivity contribution in [3.05, 3.63) is 94.0 Å². The molecule has 3 aromatic rings. The number of hydrogen-bond donors (Lipinski definition) is 2. The van der Waals surface area contributed by atoms with Gasteiger partial charge in [-0.2, -0.15) is 0 Å². The fourth-order valence-corrected chi connectivity index (χ4v) is 5.70. The van der Waals surface area contributed by atoms with Crippen LogP contribution in [0.25, 0.3) is 0 Å². The van der Waals surface area contributed by atoms with Gasteiger partial charge in [0, 0.05) is 19.2 Å². The van der Waals surface area contributed by atoms with Gasteiger partial charge in [-0.05, 0) is 82.7 Å². The summed E-state index contributed by atoms with van der Waals surface area (Å²) >= 11 is 0. The van der Waals surface area contributed by atoms with Crippen molar-refractivity contribution in [1.82, 2.24) is 4.90 Å². The van der Waals surface area contributed by atoms with E-state index in [2.05, 4.69) is 59.0 Å². The third-order valence-electron chi connectivity index (χ3n) is 8.11. The van der Waals surface area contributed by atoms with Crippen molar-refractivity contribution in [2.24, 2.45) is 5.92 Å². The first-order valence-electron chi connectivity index (χ1n) is 14.7. The first kappa shape index (κ1) is 30.5. The molecule has 3 aromatic carbocycles. The third-order valence-corrected chi connectivity index (χ3v) is 8.11. The summed E-state index contributed by atoms with van der Waals surface area (Å²) < 4.78 is 29.4. The molecule has 1 aliphatic rings. The highest BCUT2D eigenvalue weighted by molar-refractivity contribution is 5.90. The number of amides is 2. The summed E-state index contributed by atoms with van der Waals surface area (Å²) in [5.41, 5.74) is 3.85. The number of aromatic hydroxyl groups is 1. The van der Waals surface area contributed by atoms with E-state index in [0.29, 0.717) is 43.2 Å². The molecule has 1 saturated heterocycles. The van der Waals surface area contributed by atoms with Gasteiger partial charge in [-0.15, -0.1) is 0 Å². The highest BCUT2D eigenvalue weighted by Gasteiger charge is 2.27. The number of phenolic OH excluding ortho intramolecular Hbond substituents is 1. The number of urea groups is 1. The van der Waals surface area contributed by atoms with E-state index in [-0.39, 0.29) is 22.5 Å². The van der Waals surface area contributed by atoms with Crippen LogP contribution in [-0.2, 0) is 30.1 Å². The molecule has 41 heavy (non-hydrogen) atoms. The van der Waals surface area contributed by atoms with Gasteiger partial charge in [-0.3, -0.25) is 0 Å². The maximum atomic E-state index is 15.1. The van der Waals surface area contributed by atoms with Crippen LogP contribution in [0.5, 0.6) is 5.75 Å². The Balaban J connectivity index is 1.48. The second-order valence-corrected chi connectivity index (χ2v) is 13.5. The van der Waals surface area contributed by atoms with Crippen molar-refractivity contribution in [3.8, 4) is 5.75 Å². The Morgan fingerprint density at radius 1 is 0.878 bits per heavy atom. The van der Waals surface area contributed by atoms with Gasteiger partial charge >= 0.3 is 6.03 Å². The van der Waals surface area contributed by atoms with E-state index in [0.717, 1.165) is 42.0 Å². The fourth-order valence-electron chi connectivity index (χ4n) is 5.70. The third kappa shape index (κ3) is 7.66. The molecular formula is C35H44F2N2O2. The molecule has 1 fully saturated rings. The standard InChI is InChI=1S/C35H44F2N2O2/c1-34(2,3)28-19-25(20-29(32(28)40)35(4,5)6)12-13-26-21-27(36)22-30(37)31(26)38-33(41)39-16-14-24(15-17-39)18-23-10-8-7-9-11-23/h7-11,19-22,24,40H,12-18H2,1-6H3,(H,38,41). The predicted octanol–water partition coefficient (Wildman–Crippen LogP) is 8.54. The maximum Gasteiger partial charge on any atom is 0.321 e. The smallest absolute Gasteiger partial charge is 0.321 e. The van der Waals surface area contributed by atoms with Gasteiger partial charge in [-0.1, -0.05) is 84.0 Å². The van der Waals surface area contributed by atoms with Gasteiger partial charge < -0.3 is 15.3 Å². The van der Waals surface area contributed by atoms with Crippen molar-refractivity contribution in [2.45, 2.75) is 84.5 Å². The number of likely N-dealkylation sites (tertiary alicyclic amines) is 1. The number of rotatable bonds is 6. The molecule has 220 valence electrons. The lowest BCUT2D eigenvalue weighted by molar-refractivity contribution is 0.182. The molecule has 0 unspecified atom stereocenters. The van der Waals surface area contributed by atoms with E-state index in [9.17, 15) is 14.3 Å². The summed E-state index contributed by atoms with van der Waals surface area (Å²) in [7, 11) is 0. The molecule has 0 radical (unpaired) electrons. The zero-order chi connectivity index (χ0) is 29.9. The number of carbonyl (C=O) groups excluding carboxylic acids is 1. The Morgan fingerprint density at radius 3 is 2.02 bits per heavy atom. The van der Waals surface area contributed by atoms with Gasteiger partial charge in [0.25, 0.3) is 0 Å². The summed E-state index contributed by atoms with van der Waals surface area (Å²) in [5.74, 6) is -0.649. The highest BCUT2D eigenvalue weighted by Crippen LogP contribution is 2.40. The average Bonchev–Trinajstić information content (AvgIpc) is 2.89. The van der Waals surface area contributed by atoms with Crippen LogP contribution in [-0.4, -0.2) is 29.1 Å². The Morgan fingerprint density at radius 2 is 1.46 bits per heavy atom. The van der Waals surface area contributed by atoms with Crippen molar-refractivity contribution in [2.75, 3.05) is 18.4 Å². The molecule has 0 bridgehead atoms. The first-order valence-corrected chi connectivity index (χ1v) is 14.7. The fraction of sp³-hybridized carbons (Fsp3) is 0.457. The number of piperidine rings is 1. The van der Waals surface area contributed by atoms with E-state index in [1.165, 1.54) is 11.6 Å². The Labute approximate surface area is 243 Å². The first-order chi connectivity index (χ1) is 19.2. The van der Waals surface area contributed by atoms with Gasteiger partial charge in [-0.25, -0.2) is 13.6 Å². The molecule has 6 heteroatoms. The minimum Gasteiger partial charge on any atom is -0.507 e. The van der Waals surface area contributed by atoms with E-state index in [4.69, 9.17) is 0 Å². The van der Waals surface area contributed by atoms with Crippen LogP contribution in [0.4, 0.5) is 19.3 Å². The number of carbonyl (C=O) groups is 1. The van der Waals surface area contributed by atoms with Crippen LogP contribution in [0.3, 0.4) is 0 Å². The van der Waals surface area contributed by atoms with E-state index >= 15 is 4.39 Å². The van der Waals surface area contributed by atoms with Crippen LogP contribution < -0.4 is 5.32 Å². The quantitative estimate of drug-likeness (QED) is 0.316. The summed E-state index contributed by atoms with van der Waals surface area (Å²) in [6.45, 7) is 13.5. The Hall–Kier alpha value is -3.41. The minimum atomic E-state index is -0.774. The van der Waals surface area contributed by atoms with Crippen LogP contribution in [0.2, 0.25) is 0 Å². The number of benzene rings is 3. The number of halogens is 2. The highest BCUT2D eigenvalue weighted by atomic mass is 19.1. The lowest BCUT2D eigenvalue weighted by Crippen LogP contribution is -2.41.